The molecule has 122 valence electrons. The van der Waals surface area contributed by atoms with Crippen LogP contribution in [0.5, 0.6) is 0 Å². The molecule has 6 nitrogen and oxygen atoms in total. The highest BCUT2D eigenvalue weighted by atomic mass is 19.2. The molecule has 1 amide bonds. The fourth-order valence-electron chi connectivity index (χ4n) is 1.73. The maximum absolute atomic E-state index is 13.5. The molecule has 23 heavy (non-hydrogen) atoms. The van der Waals surface area contributed by atoms with Crippen LogP contribution in [0.15, 0.2) is 16.5 Å². The third-order valence-corrected chi connectivity index (χ3v) is 2.76. The summed E-state index contributed by atoms with van der Waals surface area (Å²) >= 11 is 0. The summed E-state index contributed by atoms with van der Waals surface area (Å²) < 4.78 is 49.9. The highest BCUT2D eigenvalue weighted by Gasteiger charge is 2.24. The number of aryl methyl sites for hydroxylation is 1. The van der Waals surface area contributed by atoms with Gasteiger partial charge in [0, 0.05) is 0 Å². The number of halogens is 3. The van der Waals surface area contributed by atoms with Crippen LogP contribution in [-0.2, 0) is 4.74 Å². The number of ether oxygens (including phenoxy) is 1. The zero-order valence-electron chi connectivity index (χ0n) is 12.1. The Labute approximate surface area is 128 Å². The molecule has 0 spiro atoms. The zero-order chi connectivity index (χ0) is 17.1. The molecule has 0 bridgehead atoms. The lowest BCUT2D eigenvalue weighted by Crippen LogP contribution is -2.17. The van der Waals surface area contributed by atoms with Crippen LogP contribution in [0.4, 0.5) is 19.2 Å². The average molecular weight is 328 g/mol. The fourth-order valence-corrected chi connectivity index (χ4v) is 1.73. The molecular formula is C14H11F3N2O4. The number of esters is 1. The lowest BCUT2D eigenvalue weighted by atomic mass is 10.2. The topological polar surface area (TPSA) is 81.4 Å². The van der Waals surface area contributed by atoms with E-state index >= 15 is 0 Å². The van der Waals surface area contributed by atoms with Crippen molar-refractivity contribution < 1.29 is 31.9 Å². The number of carbonyl (C=O) groups excluding carboxylic acids is 2. The van der Waals surface area contributed by atoms with Gasteiger partial charge in [0.1, 0.15) is 17.1 Å². The van der Waals surface area contributed by atoms with E-state index in [4.69, 9.17) is 9.15 Å². The van der Waals surface area contributed by atoms with Crippen LogP contribution in [-0.4, -0.2) is 23.5 Å². The number of carbonyl (C=O) groups is 2. The Kier molecular flexibility index (Phi) is 4.68. The van der Waals surface area contributed by atoms with Crippen molar-refractivity contribution in [1.29, 1.82) is 0 Å². The molecule has 0 fully saturated rings. The highest BCUT2D eigenvalue weighted by Crippen LogP contribution is 2.19. The lowest BCUT2D eigenvalue weighted by molar-refractivity contribution is 0.0518. The van der Waals surface area contributed by atoms with Gasteiger partial charge in [-0.3, -0.25) is 10.1 Å². The maximum Gasteiger partial charge on any atom is 0.360 e. The Hall–Kier alpha value is -2.84. The number of benzene rings is 1. The first-order chi connectivity index (χ1) is 10.8. The number of amides is 1. The van der Waals surface area contributed by atoms with Crippen LogP contribution in [0.3, 0.4) is 0 Å². The summed E-state index contributed by atoms with van der Waals surface area (Å²) in [4.78, 5) is 27.1. The molecular weight excluding hydrogens is 317 g/mol. The van der Waals surface area contributed by atoms with Crippen molar-refractivity contribution in [2.24, 2.45) is 0 Å². The molecule has 0 saturated heterocycles. The van der Waals surface area contributed by atoms with Crippen molar-refractivity contribution in [2.45, 2.75) is 13.8 Å². The highest BCUT2D eigenvalue weighted by molar-refractivity contribution is 6.03. The summed E-state index contributed by atoms with van der Waals surface area (Å²) in [5.41, 5.74) is -1.32. The van der Waals surface area contributed by atoms with Gasteiger partial charge in [-0.1, -0.05) is 0 Å². The molecule has 2 rings (SSSR count). The Morgan fingerprint density at radius 2 is 1.91 bits per heavy atom. The number of rotatable bonds is 4. The summed E-state index contributed by atoms with van der Waals surface area (Å²) in [6.07, 6.45) is 0. The minimum absolute atomic E-state index is 0.0407. The molecule has 1 N–H and O–H groups in total. The first-order valence-electron chi connectivity index (χ1n) is 6.44. The van der Waals surface area contributed by atoms with Crippen molar-refractivity contribution in [3.63, 3.8) is 0 Å². The van der Waals surface area contributed by atoms with E-state index in [0.717, 1.165) is 0 Å². The second kappa shape index (κ2) is 6.51. The second-order valence-corrected chi connectivity index (χ2v) is 4.32. The summed E-state index contributed by atoms with van der Waals surface area (Å²) in [7, 11) is 0. The monoisotopic (exact) mass is 328 g/mol. The molecule has 1 aromatic heterocycles. The Morgan fingerprint density at radius 3 is 2.57 bits per heavy atom. The van der Waals surface area contributed by atoms with Crippen LogP contribution in [0.2, 0.25) is 0 Å². The van der Waals surface area contributed by atoms with Crippen LogP contribution in [0.25, 0.3) is 0 Å². The third kappa shape index (κ3) is 3.33. The number of nitrogens with zero attached hydrogens (tertiary/aromatic N) is 1. The van der Waals surface area contributed by atoms with Crippen molar-refractivity contribution in [3.05, 3.63) is 46.6 Å². The molecule has 0 radical (unpaired) electrons. The summed E-state index contributed by atoms with van der Waals surface area (Å²) in [6, 6.07) is 0.687. The fraction of sp³-hybridized carbons (Fsp3) is 0.214. The predicted octanol–water partition coefficient (Wildman–Crippen LogP) is 2.83. The molecule has 0 saturated carbocycles. The lowest BCUT2D eigenvalue weighted by Gasteiger charge is -2.04. The summed E-state index contributed by atoms with van der Waals surface area (Å²) in [5.74, 6) is -6.33. The number of hydrogen-bond acceptors (Lipinski definition) is 5. The van der Waals surface area contributed by atoms with Gasteiger partial charge in [-0.15, -0.1) is 0 Å². The van der Waals surface area contributed by atoms with Gasteiger partial charge in [-0.2, -0.15) is 4.98 Å². The van der Waals surface area contributed by atoms with Gasteiger partial charge >= 0.3 is 12.0 Å². The maximum atomic E-state index is 13.5. The van der Waals surface area contributed by atoms with E-state index in [0.29, 0.717) is 12.1 Å². The van der Waals surface area contributed by atoms with Gasteiger partial charge in [0.05, 0.1) is 6.61 Å². The molecule has 0 unspecified atom stereocenters. The molecule has 0 aliphatic heterocycles. The van der Waals surface area contributed by atoms with Crippen LogP contribution >= 0.6 is 0 Å². The minimum Gasteiger partial charge on any atom is -0.461 e. The Balaban J connectivity index is 2.27. The van der Waals surface area contributed by atoms with Crippen molar-refractivity contribution in [1.82, 2.24) is 4.98 Å². The molecule has 2 aromatic rings. The summed E-state index contributed by atoms with van der Waals surface area (Å²) in [6.45, 7) is 3.08. The molecule has 1 heterocycles. The van der Waals surface area contributed by atoms with E-state index in [9.17, 15) is 22.8 Å². The van der Waals surface area contributed by atoms with Crippen LogP contribution in [0.1, 0.15) is 33.5 Å². The van der Waals surface area contributed by atoms with Crippen molar-refractivity contribution in [2.75, 3.05) is 11.9 Å². The molecule has 0 aliphatic carbocycles. The SMILES string of the molecule is CCOC(=O)c1nc(NC(=O)c2c(F)ccc(F)c2F)oc1C. The zero-order valence-corrected chi connectivity index (χ0v) is 12.1. The first kappa shape index (κ1) is 16.5. The molecule has 1 aromatic carbocycles. The first-order valence-corrected chi connectivity index (χ1v) is 6.44. The van der Waals surface area contributed by atoms with E-state index in [-0.39, 0.29) is 18.1 Å². The standard InChI is InChI=1S/C14H11F3N2O4/c1-3-22-13(21)11-6(2)23-14(18-11)19-12(20)9-7(15)4-5-8(16)10(9)17/h4-5H,3H2,1-2H3,(H,18,19,20). The van der Waals surface area contributed by atoms with E-state index < -0.39 is 40.9 Å². The van der Waals surface area contributed by atoms with Gasteiger partial charge in [0.25, 0.3) is 5.91 Å². The number of anilines is 1. The quantitative estimate of drug-likeness (QED) is 0.689. The van der Waals surface area contributed by atoms with Crippen molar-refractivity contribution in [3.8, 4) is 0 Å². The van der Waals surface area contributed by atoms with Gasteiger partial charge in [0.15, 0.2) is 17.3 Å². The average Bonchev–Trinajstić information content (AvgIpc) is 2.84. The molecule has 0 aliphatic rings. The largest absolute Gasteiger partial charge is 0.461 e. The van der Waals surface area contributed by atoms with E-state index in [1.54, 1.807) is 6.92 Å². The van der Waals surface area contributed by atoms with Crippen molar-refractivity contribution >= 4 is 17.9 Å². The second-order valence-electron chi connectivity index (χ2n) is 4.32. The van der Waals surface area contributed by atoms with E-state index in [2.05, 4.69) is 4.98 Å². The Bertz CT molecular complexity index is 774. The van der Waals surface area contributed by atoms with Gasteiger partial charge in [-0.05, 0) is 26.0 Å². The van der Waals surface area contributed by atoms with E-state index in [1.165, 1.54) is 6.92 Å². The van der Waals surface area contributed by atoms with Gasteiger partial charge < -0.3 is 9.15 Å². The van der Waals surface area contributed by atoms with E-state index in [1.807, 2.05) is 5.32 Å². The van der Waals surface area contributed by atoms with Crippen LogP contribution in [0, 0.1) is 24.4 Å². The third-order valence-electron chi connectivity index (χ3n) is 2.76. The molecule has 9 heteroatoms. The van der Waals surface area contributed by atoms with Gasteiger partial charge in [-0.25, -0.2) is 18.0 Å². The predicted molar refractivity (Wildman–Crippen MR) is 71.5 cm³/mol. The number of oxazole rings is 1. The molecule has 0 atom stereocenters. The smallest absolute Gasteiger partial charge is 0.360 e. The van der Waals surface area contributed by atoms with Crippen LogP contribution < -0.4 is 5.32 Å². The Morgan fingerprint density at radius 1 is 1.26 bits per heavy atom. The minimum atomic E-state index is -1.64. The number of aromatic nitrogens is 1. The normalized spacial score (nSPS) is 10.5. The summed E-state index contributed by atoms with van der Waals surface area (Å²) in [5, 5.41) is 1.95. The number of nitrogens with one attached hydrogen (secondary N) is 1. The number of hydrogen-bond donors (Lipinski definition) is 1. The van der Waals surface area contributed by atoms with Gasteiger partial charge in [0.2, 0.25) is 0 Å².